The maximum Gasteiger partial charge on any atom is 0.220 e. The van der Waals surface area contributed by atoms with Crippen molar-refractivity contribution in [2.45, 2.75) is 42.9 Å². The van der Waals surface area contributed by atoms with Crippen LogP contribution < -0.4 is 5.32 Å². The molecule has 2 atom stereocenters. The first-order valence-corrected chi connectivity index (χ1v) is 11.7. The third kappa shape index (κ3) is 4.11. The molecule has 1 spiro atoms. The van der Waals surface area contributed by atoms with Crippen LogP contribution >= 0.6 is 0 Å². The molecule has 0 saturated carbocycles. The molecule has 1 N–H and O–H groups in total. The average Bonchev–Trinajstić information content (AvgIpc) is 2.94. The van der Waals surface area contributed by atoms with E-state index in [1.54, 1.807) is 24.3 Å². The van der Waals surface area contributed by atoms with Crippen molar-refractivity contribution in [1.29, 1.82) is 0 Å². The lowest BCUT2D eigenvalue weighted by molar-refractivity contribution is -0.122. The van der Waals surface area contributed by atoms with E-state index >= 15 is 0 Å². The van der Waals surface area contributed by atoms with Gasteiger partial charge in [-0.25, -0.2) is 17.2 Å². The Morgan fingerprint density at radius 1 is 1.10 bits per heavy atom. The quantitative estimate of drug-likeness (QED) is 0.803. The van der Waals surface area contributed by atoms with Crippen LogP contribution in [0.4, 0.5) is 8.78 Å². The minimum atomic E-state index is -3.80. The van der Waals surface area contributed by atoms with Gasteiger partial charge in [0.1, 0.15) is 11.6 Å². The normalized spacial score (nSPS) is 25.3. The van der Waals surface area contributed by atoms with E-state index in [0.717, 1.165) is 6.42 Å². The Labute approximate surface area is 175 Å². The zero-order chi connectivity index (χ0) is 21.4. The van der Waals surface area contributed by atoms with Crippen molar-refractivity contribution < 1.29 is 22.0 Å². The minimum absolute atomic E-state index is 0.0683. The highest BCUT2D eigenvalue weighted by Crippen LogP contribution is 2.43. The molecule has 0 radical (unpaired) electrons. The highest BCUT2D eigenvalue weighted by atomic mass is 32.2. The van der Waals surface area contributed by atoms with Crippen LogP contribution in [0.2, 0.25) is 0 Å². The van der Waals surface area contributed by atoms with Gasteiger partial charge in [0.15, 0.2) is 0 Å². The van der Waals surface area contributed by atoms with Crippen LogP contribution in [0.15, 0.2) is 48.5 Å². The van der Waals surface area contributed by atoms with E-state index in [9.17, 15) is 22.0 Å². The average molecular weight is 435 g/mol. The van der Waals surface area contributed by atoms with Gasteiger partial charge >= 0.3 is 0 Å². The fourth-order valence-electron chi connectivity index (χ4n) is 4.67. The summed E-state index contributed by atoms with van der Waals surface area (Å²) in [6.07, 6.45) is 2.42. The molecule has 2 heterocycles. The van der Waals surface area contributed by atoms with Crippen molar-refractivity contribution in [3.05, 3.63) is 71.3 Å². The fourth-order valence-corrected chi connectivity index (χ4v) is 6.26. The second kappa shape index (κ2) is 8.07. The van der Waals surface area contributed by atoms with Crippen molar-refractivity contribution in [3.8, 4) is 0 Å². The lowest BCUT2D eigenvalue weighted by Gasteiger charge is -2.35. The number of rotatable bonds is 4. The third-order valence-corrected chi connectivity index (χ3v) is 7.85. The highest BCUT2D eigenvalue weighted by Gasteiger charge is 2.52. The molecule has 1 amide bonds. The molecule has 2 aliphatic heterocycles. The summed E-state index contributed by atoms with van der Waals surface area (Å²) in [6, 6.07) is 11.8. The summed E-state index contributed by atoms with van der Waals surface area (Å²) in [4.78, 5) is 12.4. The molecule has 2 fully saturated rings. The Bertz CT molecular complexity index is 1060. The van der Waals surface area contributed by atoms with Gasteiger partial charge in [0.25, 0.3) is 0 Å². The van der Waals surface area contributed by atoms with Gasteiger partial charge in [-0.2, -0.15) is 4.31 Å². The van der Waals surface area contributed by atoms with Crippen molar-refractivity contribution in [2.24, 2.45) is 0 Å². The molecular formula is C22H24F2N2O3S. The Hall–Kier alpha value is -2.32. The van der Waals surface area contributed by atoms with Crippen molar-refractivity contribution in [2.75, 3.05) is 13.1 Å². The number of nitrogens with one attached hydrogen (secondary N) is 1. The van der Waals surface area contributed by atoms with E-state index in [1.807, 2.05) is 0 Å². The van der Waals surface area contributed by atoms with Crippen LogP contribution in [0.5, 0.6) is 0 Å². The van der Waals surface area contributed by atoms with Crippen molar-refractivity contribution >= 4 is 15.9 Å². The van der Waals surface area contributed by atoms with E-state index in [2.05, 4.69) is 5.32 Å². The van der Waals surface area contributed by atoms with Crippen molar-refractivity contribution in [3.63, 3.8) is 0 Å². The van der Waals surface area contributed by atoms with E-state index in [4.69, 9.17) is 0 Å². The lowest BCUT2D eigenvalue weighted by atomic mass is 9.79. The van der Waals surface area contributed by atoms with Crippen LogP contribution in [-0.4, -0.2) is 37.3 Å². The number of hydrogen-bond acceptors (Lipinski definition) is 3. The van der Waals surface area contributed by atoms with Gasteiger partial charge in [-0.3, -0.25) is 4.79 Å². The standard InChI is InChI=1S/C22H24F2N2O3S/c23-17-7-5-6-16(12-17)14-30(28,29)26-13-19(18-8-1-2-9-20(18)24)22(15-26)11-4-3-10-21(27)25-22/h1-2,5-9,12,19H,3-4,10-11,13-15H2,(H,25,27)/t19-,22+/m0/s1. The molecule has 8 heteroatoms. The van der Waals surface area contributed by atoms with Gasteiger partial charge in [0.05, 0.1) is 11.3 Å². The number of amides is 1. The van der Waals surface area contributed by atoms with Crippen LogP contribution in [0.3, 0.4) is 0 Å². The molecule has 2 aliphatic rings. The molecule has 2 aromatic rings. The molecule has 0 unspecified atom stereocenters. The number of carbonyl (C=O) groups is 1. The van der Waals surface area contributed by atoms with Gasteiger partial charge in [-0.15, -0.1) is 0 Å². The summed E-state index contributed by atoms with van der Waals surface area (Å²) < 4.78 is 55.8. The summed E-state index contributed by atoms with van der Waals surface area (Å²) in [7, 11) is -3.80. The second-order valence-corrected chi connectivity index (χ2v) is 10.1. The number of hydrogen-bond donors (Lipinski definition) is 1. The second-order valence-electron chi connectivity index (χ2n) is 8.16. The molecular weight excluding hydrogens is 410 g/mol. The maximum atomic E-state index is 14.7. The van der Waals surface area contributed by atoms with Gasteiger partial charge in [-0.1, -0.05) is 36.8 Å². The molecule has 0 bridgehead atoms. The number of benzene rings is 2. The van der Waals surface area contributed by atoms with E-state index < -0.39 is 33.1 Å². The van der Waals surface area contributed by atoms with Gasteiger partial charge < -0.3 is 5.32 Å². The molecule has 30 heavy (non-hydrogen) atoms. The predicted octanol–water partition coefficient (Wildman–Crippen LogP) is 3.32. The Kier molecular flexibility index (Phi) is 5.63. The number of sulfonamides is 1. The topological polar surface area (TPSA) is 66.5 Å². The molecule has 2 aromatic carbocycles. The molecule has 0 aromatic heterocycles. The zero-order valence-electron chi connectivity index (χ0n) is 16.5. The SMILES string of the molecule is O=C1CCCC[C@]2(CN(S(=O)(=O)Cc3cccc(F)c3)C[C@H]2c2ccccc2F)N1. The fraction of sp³-hybridized carbons (Fsp3) is 0.409. The van der Waals surface area contributed by atoms with Crippen LogP contribution in [-0.2, 0) is 20.6 Å². The summed E-state index contributed by atoms with van der Waals surface area (Å²) in [5, 5.41) is 3.03. The Balaban J connectivity index is 1.69. The molecule has 2 saturated heterocycles. The molecule has 160 valence electrons. The van der Waals surface area contributed by atoms with E-state index in [1.165, 1.54) is 28.6 Å². The first-order chi connectivity index (χ1) is 14.3. The summed E-state index contributed by atoms with van der Waals surface area (Å²) in [6.45, 7) is 0.147. The molecule has 4 rings (SSSR count). The van der Waals surface area contributed by atoms with Crippen LogP contribution in [0.25, 0.3) is 0 Å². The third-order valence-electron chi connectivity index (χ3n) is 6.09. The predicted molar refractivity (Wildman–Crippen MR) is 109 cm³/mol. The first-order valence-electron chi connectivity index (χ1n) is 10.1. The van der Waals surface area contributed by atoms with Gasteiger partial charge in [0, 0.05) is 25.4 Å². The summed E-state index contributed by atoms with van der Waals surface area (Å²) in [5.74, 6) is -1.90. The largest absolute Gasteiger partial charge is 0.349 e. The van der Waals surface area contributed by atoms with Crippen LogP contribution in [0, 0.1) is 11.6 Å². The summed E-state index contributed by atoms with van der Waals surface area (Å²) >= 11 is 0. The number of halogens is 2. The van der Waals surface area contributed by atoms with Gasteiger partial charge in [-0.05, 0) is 42.2 Å². The van der Waals surface area contributed by atoms with Crippen molar-refractivity contribution in [1.82, 2.24) is 9.62 Å². The Morgan fingerprint density at radius 2 is 1.90 bits per heavy atom. The van der Waals surface area contributed by atoms with Crippen LogP contribution in [0.1, 0.15) is 42.7 Å². The highest BCUT2D eigenvalue weighted by molar-refractivity contribution is 7.88. The molecule has 5 nitrogen and oxygen atoms in total. The van der Waals surface area contributed by atoms with Gasteiger partial charge in [0.2, 0.25) is 15.9 Å². The zero-order valence-corrected chi connectivity index (χ0v) is 17.3. The smallest absolute Gasteiger partial charge is 0.220 e. The summed E-state index contributed by atoms with van der Waals surface area (Å²) in [5.41, 5.74) is -0.100. The minimum Gasteiger partial charge on any atom is -0.349 e. The monoisotopic (exact) mass is 434 g/mol. The maximum absolute atomic E-state index is 14.7. The Morgan fingerprint density at radius 3 is 2.67 bits per heavy atom. The number of nitrogens with zero attached hydrogens (tertiary/aromatic N) is 1. The molecule has 0 aliphatic carbocycles. The first kappa shape index (κ1) is 20.9. The lowest BCUT2D eigenvalue weighted by Crippen LogP contribution is -2.53. The number of carbonyl (C=O) groups excluding carboxylic acids is 1. The van der Waals surface area contributed by atoms with E-state index in [0.29, 0.717) is 30.4 Å². The van der Waals surface area contributed by atoms with E-state index in [-0.39, 0.29) is 24.7 Å².